The van der Waals surface area contributed by atoms with Gasteiger partial charge in [-0.3, -0.25) is 0 Å². The lowest BCUT2D eigenvalue weighted by Gasteiger charge is -2.35. The fourth-order valence-electron chi connectivity index (χ4n) is 2.72. The van der Waals surface area contributed by atoms with Gasteiger partial charge >= 0.3 is 6.09 Å². The molecule has 27 heavy (non-hydrogen) atoms. The molecule has 0 aromatic heterocycles. The fourth-order valence-corrected chi connectivity index (χ4v) is 2.72. The molecule has 0 bridgehead atoms. The number of benzene rings is 1. The van der Waals surface area contributed by atoms with E-state index in [1.54, 1.807) is 24.0 Å². The molecule has 1 aromatic rings. The number of hydrogen-bond acceptors (Lipinski definition) is 4. The second-order valence-electron chi connectivity index (χ2n) is 5.81. The van der Waals surface area contributed by atoms with Crippen molar-refractivity contribution in [3.05, 3.63) is 29.6 Å². The summed E-state index contributed by atoms with van der Waals surface area (Å²) < 4.78 is 23.8. The molecule has 1 fully saturated rings. The van der Waals surface area contributed by atoms with Crippen molar-refractivity contribution in [2.24, 2.45) is 4.99 Å². The van der Waals surface area contributed by atoms with Crippen molar-refractivity contribution in [3.8, 4) is 5.75 Å². The third kappa shape index (κ3) is 6.71. The second kappa shape index (κ2) is 11.8. The third-order valence-corrected chi connectivity index (χ3v) is 4.07. The Kier molecular flexibility index (Phi) is 10.2. The topological polar surface area (TPSA) is 66.4 Å². The van der Waals surface area contributed by atoms with Crippen molar-refractivity contribution >= 4 is 36.0 Å². The Morgan fingerprint density at radius 2 is 1.89 bits per heavy atom. The molecule has 1 aromatic carbocycles. The molecule has 0 saturated carbocycles. The first-order chi connectivity index (χ1) is 12.6. The van der Waals surface area contributed by atoms with E-state index in [0.717, 1.165) is 18.1 Å². The van der Waals surface area contributed by atoms with E-state index in [2.05, 4.69) is 15.2 Å². The fraction of sp³-hybridized carbons (Fsp3) is 0.556. The van der Waals surface area contributed by atoms with E-state index in [4.69, 9.17) is 9.47 Å². The Morgan fingerprint density at radius 1 is 1.22 bits per heavy atom. The van der Waals surface area contributed by atoms with Gasteiger partial charge in [-0.25, -0.2) is 14.2 Å². The van der Waals surface area contributed by atoms with E-state index in [0.29, 0.717) is 39.3 Å². The first-order valence-electron chi connectivity index (χ1n) is 8.86. The lowest BCUT2D eigenvalue weighted by atomic mass is 10.2. The lowest BCUT2D eigenvalue weighted by Crippen LogP contribution is -2.53. The molecule has 1 aliphatic rings. The molecule has 0 atom stereocenters. The van der Waals surface area contributed by atoms with Gasteiger partial charge in [-0.2, -0.15) is 0 Å². The zero-order chi connectivity index (χ0) is 18.9. The molecule has 1 aliphatic heterocycles. The highest BCUT2D eigenvalue weighted by molar-refractivity contribution is 14.0. The molecular weight excluding hydrogens is 466 g/mol. The molecule has 0 unspecified atom stereocenters. The number of guanidine groups is 1. The van der Waals surface area contributed by atoms with Crippen LogP contribution in [0.5, 0.6) is 5.75 Å². The molecule has 152 valence electrons. The van der Waals surface area contributed by atoms with E-state index >= 15 is 0 Å². The number of aliphatic imine (C=N–C) groups is 1. The predicted molar refractivity (Wildman–Crippen MR) is 113 cm³/mol. The van der Waals surface area contributed by atoms with Gasteiger partial charge in [-0.05, 0) is 31.5 Å². The Morgan fingerprint density at radius 3 is 2.44 bits per heavy atom. The van der Waals surface area contributed by atoms with Gasteiger partial charge in [-0.1, -0.05) is 6.07 Å². The maximum Gasteiger partial charge on any atom is 0.409 e. The van der Waals surface area contributed by atoms with Crippen LogP contribution in [0.1, 0.15) is 19.4 Å². The van der Waals surface area contributed by atoms with Gasteiger partial charge in [0.05, 0.1) is 20.3 Å². The Hall–Kier alpha value is -1.78. The molecule has 0 spiro atoms. The number of nitrogens with zero attached hydrogens (tertiary/aromatic N) is 3. The number of carbonyl (C=O) groups excluding carboxylic acids is 1. The van der Waals surface area contributed by atoms with Crippen LogP contribution in [0.25, 0.3) is 0 Å². The summed E-state index contributed by atoms with van der Waals surface area (Å²) >= 11 is 0. The highest BCUT2D eigenvalue weighted by atomic mass is 127. The van der Waals surface area contributed by atoms with Crippen molar-refractivity contribution in [1.29, 1.82) is 0 Å². The number of hydrogen-bond donors (Lipinski definition) is 1. The van der Waals surface area contributed by atoms with Crippen molar-refractivity contribution in [1.82, 2.24) is 15.1 Å². The van der Waals surface area contributed by atoms with Crippen molar-refractivity contribution in [3.63, 3.8) is 0 Å². The Balaban J connectivity index is 0.00000364. The van der Waals surface area contributed by atoms with Crippen LogP contribution in [-0.4, -0.2) is 68.3 Å². The van der Waals surface area contributed by atoms with Crippen molar-refractivity contribution < 1.29 is 18.7 Å². The van der Waals surface area contributed by atoms with Gasteiger partial charge in [-0.15, -0.1) is 24.0 Å². The Bertz CT molecular complexity index is 637. The molecule has 7 nitrogen and oxygen atoms in total. The Labute approximate surface area is 176 Å². The molecule has 1 heterocycles. The third-order valence-electron chi connectivity index (χ3n) is 4.07. The minimum absolute atomic E-state index is 0. The van der Waals surface area contributed by atoms with E-state index in [9.17, 15) is 9.18 Å². The maximum atomic E-state index is 13.8. The van der Waals surface area contributed by atoms with E-state index in [1.807, 2.05) is 6.92 Å². The van der Waals surface area contributed by atoms with E-state index in [-0.39, 0.29) is 35.8 Å². The number of ether oxygens (including phenoxy) is 2. The highest BCUT2D eigenvalue weighted by Gasteiger charge is 2.23. The molecular formula is C18H28FIN4O3. The molecule has 0 radical (unpaired) electrons. The molecule has 2 rings (SSSR count). The number of nitrogens with one attached hydrogen (secondary N) is 1. The minimum atomic E-state index is -0.395. The summed E-state index contributed by atoms with van der Waals surface area (Å²) in [6.07, 6.45) is -0.275. The largest absolute Gasteiger partial charge is 0.494 e. The SMILES string of the molecule is CCNC(=NCc1ccc(OC)c(F)c1)N1CCN(C(=O)OCC)CC1.I. The van der Waals surface area contributed by atoms with Crippen LogP contribution in [0, 0.1) is 5.82 Å². The maximum absolute atomic E-state index is 13.8. The second-order valence-corrected chi connectivity index (χ2v) is 5.81. The van der Waals surface area contributed by atoms with Gasteiger partial charge in [0, 0.05) is 32.7 Å². The summed E-state index contributed by atoms with van der Waals surface area (Å²) in [6, 6.07) is 4.84. The van der Waals surface area contributed by atoms with Crippen LogP contribution >= 0.6 is 24.0 Å². The predicted octanol–water partition coefficient (Wildman–Crippen LogP) is 2.69. The monoisotopic (exact) mass is 494 g/mol. The minimum Gasteiger partial charge on any atom is -0.494 e. The van der Waals surface area contributed by atoms with Crippen LogP contribution in [-0.2, 0) is 11.3 Å². The average Bonchev–Trinajstić information content (AvgIpc) is 2.65. The van der Waals surface area contributed by atoms with E-state index < -0.39 is 5.82 Å². The molecule has 0 aliphatic carbocycles. The van der Waals surface area contributed by atoms with Crippen molar-refractivity contribution in [2.75, 3.05) is 46.4 Å². The van der Waals surface area contributed by atoms with Crippen LogP contribution in [0.15, 0.2) is 23.2 Å². The van der Waals surface area contributed by atoms with Gasteiger partial charge in [0.25, 0.3) is 0 Å². The number of piperazine rings is 1. The summed E-state index contributed by atoms with van der Waals surface area (Å²) in [7, 11) is 1.44. The summed E-state index contributed by atoms with van der Waals surface area (Å²) in [5, 5.41) is 3.25. The number of amides is 1. The van der Waals surface area contributed by atoms with Gasteiger partial charge in [0.15, 0.2) is 17.5 Å². The number of halogens is 2. The number of methoxy groups -OCH3 is 1. The number of rotatable bonds is 5. The first kappa shape index (κ1) is 23.3. The van der Waals surface area contributed by atoms with Gasteiger partial charge in [0.2, 0.25) is 0 Å². The lowest BCUT2D eigenvalue weighted by molar-refractivity contribution is 0.0914. The van der Waals surface area contributed by atoms with E-state index in [1.165, 1.54) is 13.2 Å². The first-order valence-corrected chi connectivity index (χ1v) is 8.86. The number of carbonyl (C=O) groups is 1. The van der Waals surface area contributed by atoms with Crippen molar-refractivity contribution in [2.45, 2.75) is 20.4 Å². The van der Waals surface area contributed by atoms with Gasteiger partial charge in [0.1, 0.15) is 0 Å². The zero-order valence-corrected chi connectivity index (χ0v) is 18.4. The molecule has 1 amide bonds. The quantitative estimate of drug-likeness (QED) is 0.388. The summed E-state index contributed by atoms with van der Waals surface area (Å²) in [6.45, 7) is 7.77. The van der Waals surface area contributed by atoms with Crippen LogP contribution in [0.3, 0.4) is 0 Å². The van der Waals surface area contributed by atoms with Crippen LogP contribution in [0.4, 0.5) is 9.18 Å². The van der Waals surface area contributed by atoms with Gasteiger partial charge < -0.3 is 24.6 Å². The summed E-state index contributed by atoms with van der Waals surface area (Å²) in [5.74, 6) is 0.584. The highest BCUT2D eigenvalue weighted by Crippen LogP contribution is 2.18. The smallest absolute Gasteiger partial charge is 0.409 e. The van der Waals surface area contributed by atoms with Crippen LogP contribution in [0.2, 0.25) is 0 Å². The standard InChI is InChI=1S/C18H27FN4O3.HI/c1-4-20-17(21-13-14-6-7-16(25-3)15(19)12-14)22-8-10-23(11-9-22)18(24)26-5-2;/h6-7,12H,4-5,8-11,13H2,1-3H3,(H,20,21);1H. The normalized spacial score (nSPS) is 14.4. The summed E-state index contributed by atoms with van der Waals surface area (Å²) in [5.41, 5.74) is 0.767. The molecule has 1 saturated heterocycles. The zero-order valence-electron chi connectivity index (χ0n) is 16.0. The molecule has 1 N–H and O–H groups in total. The van der Waals surface area contributed by atoms with Crippen LogP contribution < -0.4 is 10.1 Å². The molecule has 9 heteroatoms. The summed E-state index contributed by atoms with van der Waals surface area (Å²) in [4.78, 5) is 20.2. The average molecular weight is 494 g/mol.